The minimum atomic E-state index is -0.414. The van der Waals surface area contributed by atoms with Gasteiger partial charge >= 0.3 is 0 Å². The van der Waals surface area contributed by atoms with E-state index in [1.54, 1.807) is 4.90 Å². The summed E-state index contributed by atoms with van der Waals surface area (Å²) in [6.07, 6.45) is 8.80. The molecular formula is C15H30N2O2. The van der Waals surface area contributed by atoms with Crippen molar-refractivity contribution >= 4 is 5.91 Å². The van der Waals surface area contributed by atoms with Gasteiger partial charge in [-0.15, -0.1) is 0 Å². The van der Waals surface area contributed by atoms with E-state index < -0.39 is 6.10 Å². The van der Waals surface area contributed by atoms with Crippen molar-refractivity contribution in [3.05, 3.63) is 0 Å². The molecule has 0 unspecified atom stereocenters. The van der Waals surface area contributed by atoms with Crippen molar-refractivity contribution in [2.45, 2.75) is 70.4 Å². The Kier molecular flexibility index (Phi) is 8.07. The van der Waals surface area contributed by atoms with Crippen LogP contribution in [0.2, 0.25) is 0 Å². The van der Waals surface area contributed by atoms with E-state index in [1.807, 2.05) is 7.05 Å². The van der Waals surface area contributed by atoms with E-state index in [0.717, 1.165) is 12.8 Å². The molecule has 4 nitrogen and oxygen atoms in total. The fraction of sp³-hybridized carbons (Fsp3) is 0.933. The van der Waals surface area contributed by atoms with Crippen LogP contribution in [0.15, 0.2) is 0 Å². The van der Waals surface area contributed by atoms with E-state index in [4.69, 9.17) is 0 Å². The lowest BCUT2D eigenvalue weighted by Gasteiger charge is -2.26. The maximum atomic E-state index is 12.0. The molecule has 2 atom stereocenters. The first-order valence-corrected chi connectivity index (χ1v) is 7.81. The summed E-state index contributed by atoms with van der Waals surface area (Å²) in [7, 11) is 1.81. The van der Waals surface area contributed by atoms with Gasteiger partial charge in [0.15, 0.2) is 0 Å². The number of aliphatic hydroxyl groups excluding tert-OH is 1. The van der Waals surface area contributed by atoms with Crippen LogP contribution in [0.5, 0.6) is 0 Å². The second kappa shape index (κ2) is 9.32. The second-order valence-corrected chi connectivity index (χ2v) is 5.67. The third-order valence-electron chi connectivity index (χ3n) is 4.04. The highest BCUT2D eigenvalue weighted by molar-refractivity contribution is 5.76. The van der Waals surface area contributed by atoms with Crippen LogP contribution < -0.4 is 5.32 Å². The van der Waals surface area contributed by atoms with Crippen LogP contribution in [0.25, 0.3) is 0 Å². The average Bonchev–Trinajstić information content (AvgIpc) is 2.82. The van der Waals surface area contributed by atoms with Gasteiger partial charge in [-0.3, -0.25) is 4.79 Å². The molecule has 0 aromatic carbocycles. The number of hydrogen-bond acceptors (Lipinski definition) is 3. The minimum Gasteiger partial charge on any atom is -0.390 e. The zero-order valence-corrected chi connectivity index (χ0v) is 12.5. The van der Waals surface area contributed by atoms with Crippen LogP contribution in [0, 0.1) is 0 Å². The van der Waals surface area contributed by atoms with Crippen molar-refractivity contribution in [3.8, 4) is 0 Å². The quantitative estimate of drug-likeness (QED) is 0.629. The van der Waals surface area contributed by atoms with Crippen LogP contribution in [-0.2, 0) is 4.79 Å². The molecule has 1 heterocycles. The number of likely N-dealkylation sites (N-methyl/N-ethyl adjacent to an activating group) is 1. The molecule has 1 saturated heterocycles. The molecular weight excluding hydrogens is 240 g/mol. The molecule has 1 fully saturated rings. The number of unbranched alkanes of at least 4 members (excludes halogenated alkanes) is 6. The second-order valence-electron chi connectivity index (χ2n) is 5.67. The van der Waals surface area contributed by atoms with Crippen molar-refractivity contribution in [2.75, 3.05) is 20.1 Å². The molecule has 0 aromatic rings. The molecule has 112 valence electrons. The van der Waals surface area contributed by atoms with E-state index in [-0.39, 0.29) is 11.9 Å². The zero-order chi connectivity index (χ0) is 14.1. The van der Waals surface area contributed by atoms with Crippen LogP contribution in [0.1, 0.15) is 58.3 Å². The summed E-state index contributed by atoms with van der Waals surface area (Å²) in [5.74, 6) is 0.168. The topological polar surface area (TPSA) is 52.6 Å². The fourth-order valence-electron chi connectivity index (χ4n) is 2.64. The van der Waals surface area contributed by atoms with Gasteiger partial charge < -0.3 is 15.3 Å². The first-order valence-electron chi connectivity index (χ1n) is 7.81. The molecule has 19 heavy (non-hydrogen) atoms. The Hall–Kier alpha value is -0.610. The lowest BCUT2D eigenvalue weighted by atomic mass is 10.1. The SMILES string of the molecule is CCCCCCCCCC(=O)N(C)[C@@H]1CNC[C@H]1O. The molecule has 0 spiro atoms. The summed E-state index contributed by atoms with van der Waals surface area (Å²) in [5, 5.41) is 12.9. The van der Waals surface area contributed by atoms with E-state index >= 15 is 0 Å². The van der Waals surface area contributed by atoms with Gasteiger partial charge in [0.25, 0.3) is 0 Å². The number of carbonyl (C=O) groups is 1. The highest BCUT2D eigenvalue weighted by atomic mass is 16.3. The number of nitrogens with one attached hydrogen (secondary N) is 1. The zero-order valence-electron chi connectivity index (χ0n) is 12.5. The molecule has 1 aliphatic heterocycles. The molecule has 2 N–H and O–H groups in total. The van der Waals surface area contributed by atoms with Crippen LogP contribution in [0.3, 0.4) is 0 Å². The molecule has 0 bridgehead atoms. The highest BCUT2D eigenvalue weighted by Crippen LogP contribution is 2.12. The third-order valence-corrected chi connectivity index (χ3v) is 4.04. The normalized spacial score (nSPS) is 22.7. The summed E-state index contributed by atoms with van der Waals surface area (Å²) in [4.78, 5) is 13.7. The predicted octanol–water partition coefficient (Wildman–Crippen LogP) is 1.92. The van der Waals surface area contributed by atoms with E-state index in [9.17, 15) is 9.90 Å². The van der Waals surface area contributed by atoms with Gasteiger partial charge in [0, 0.05) is 26.6 Å². The van der Waals surface area contributed by atoms with Gasteiger partial charge in [-0.2, -0.15) is 0 Å². The summed E-state index contributed by atoms with van der Waals surface area (Å²) < 4.78 is 0. The molecule has 0 saturated carbocycles. The molecule has 1 aliphatic rings. The Morgan fingerprint density at radius 2 is 1.79 bits per heavy atom. The van der Waals surface area contributed by atoms with Crippen molar-refractivity contribution in [3.63, 3.8) is 0 Å². The molecule has 0 radical (unpaired) electrons. The Balaban J connectivity index is 2.07. The minimum absolute atomic E-state index is 0.0444. The predicted molar refractivity (Wildman–Crippen MR) is 78.0 cm³/mol. The van der Waals surface area contributed by atoms with Crippen LogP contribution >= 0.6 is 0 Å². The number of rotatable bonds is 9. The summed E-state index contributed by atoms with van der Waals surface area (Å²) in [6, 6.07) is -0.0444. The Morgan fingerprint density at radius 3 is 2.37 bits per heavy atom. The number of nitrogens with zero attached hydrogens (tertiary/aromatic N) is 1. The summed E-state index contributed by atoms with van der Waals surface area (Å²) in [6.45, 7) is 3.53. The molecule has 0 aliphatic carbocycles. The van der Waals surface area contributed by atoms with Gasteiger partial charge in [-0.25, -0.2) is 0 Å². The maximum absolute atomic E-state index is 12.0. The summed E-state index contributed by atoms with van der Waals surface area (Å²) >= 11 is 0. The van der Waals surface area contributed by atoms with Gasteiger partial charge in [-0.05, 0) is 6.42 Å². The van der Waals surface area contributed by atoms with Crippen molar-refractivity contribution in [2.24, 2.45) is 0 Å². The lowest BCUT2D eigenvalue weighted by Crippen LogP contribution is -2.44. The molecule has 1 amide bonds. The van der Waals surface area contributed by atoms with E-state index in [0.29, 0.717) is 19.5 Å². The first kappa shape index (κ1) is 16.4. The Labute approximate surface area is 117 Å². The third kappa shape index (κ3) is 5.91. The highest BCUT2D eigenvalue weighted by Gasteiger charge is 2.30. The van der Waals surface area contributed by atoms with Gasteiger partial charge in [0.2, 0.25) is 5.91 Å². The largest absolute Gasteiger partial charge is 0.390 e. The number of aliphatic hydroxyl groups is 1. The van der Waals surface area contributed by atoms with Gasteiger partial charge in [-0.1, -0.05) is 45.4 Å². The van der Waals surface area contributed by atoms with Crippen LogP contribution in [0.4, 0.5) is 0 Å². The monoisotopic (exact) mass is 270 g/mol. The lowest BCUT2D eigenvalue weighted by molar-refractivity contribution is -0.133. The number of amides is 1. The van der Waals surface area contributed by atoms with Crippen molar-refractivity contribution in [1.29, 1.82) is 0 Å². The smallest absolute Gasteiger partial charge is 0.222 e. The average molecular weight is 270 g/mol. The van der Waals surface area contributed by atoms with Gasteiger partial charge in [0.05, 0.1) is 12.1 Å². The molecule has 4 heteroatoms. The Bertz CT molecular complexity index is 259. The van der Waals surface area contributed by atoms with Gasteiger partial charge in [0.1, 0.15) is 0 Å². The van der Waals surface area contributed by atoms with Crippen LogP contribution in [-0.4, -0.2) is 48.2 Å². The van der Waals surface area contributed by atoms with E-state index in [1.165, 1.54) is 32.1 Å². The number of β-amino-alcohol motifs (C(OH)–C–C–N with tert-alkyl or cyclic N) is 1. The fourth-order valence-corrected chi connectivity index (χ4v) is 2.64. The Morgan fingerprint density at radius 1 is 1.16 bits per heavy atom. The molecule has 0 aromatic heterocycles. The standard InChI is InChI=1S/C15H30N2O2/c1-3-4-5-6-7-8-9-10-15(19)17(2)13-11-16-12-14(13)18/h13-14,16,18H,3-12H2,1-2H3/t13-,14-/m1/s1. The van der Waals surface area contributed by atoms with Crippen molar-refractivity contribution in [1.82, 2.24) is 10.2 Å². The summed E-state index contributed by atoms with van der Waals surface area (Å²) in [5.41, 5.74) is 0. The van der Waals surface area contributed by atoms with Crippen molar-refractivity contribution < 1.29 is 9.90 Å². The number of hydrogen-bond donors (Lipinski definition) is 2. The molecule has 1 rings (SSSR count). The number of carbonyl (C=O) groups excluding carboxylic acids is 1. The first-order chi connectivity index (χ1) is 9.16. The maximum Gasteiger partial charge on any atom is 0.222 e. The van der Waals surface area contributed by atoms with E-state index in [2.05, 4.69) is 12.2 Å².